The van der Waals surface area contributed by atoms with Crippen LogP contribution in [0.2, 0.25) is 0 Å². The Labute approximate surface area is 176 Å². The molecule has 4 nitrogen and oxygen atoms in total. The summed E-state index contributed by atoms with van der Waals surface area (Å²) >= 11 is 2.94. The maximum Gasteiger partial charge on any atom is 0.235 e. The van der Waals surface area contributed by atoms with E-state index in [2.05, 4.69) is 9.97 Å². The quantitative estimate of drug-likeness (QED) is 0.412. The molecule has 146 valence electrons. The van der Waals surface area contributed by atoms with Crippen LogP contribution in [0.15, 0.2) is 65.4 Å². The highest BCUT2D eigenvalue weighted by Gasteiger charge is 2.21. The molecule has 2 heterocycles. The van der Waals surface area contributed by atoms with Crippen LogP contribution in [0, 0.1) is 12.7 Å². The molecule has 0 spiro atoms. The number of thiazole rings is 2. The monoisotopic (exact) mass is 423 g/mol. The summed E-state index contributed by atoms with van der Waals surface area (Å²) in [5, 5.41) is 5.36. The third-order valence-corrected chi connectivity index (χ3v) is 6.03. The first-order chi connectivity index (χ1) is 14.1. The van der Waals surface area contributed by atoms with Crippen molar-refractivity contribution in [3.8, 4) is 11.3 Å². The molecular formula is C22H18FN3OS2. The molecule has 0 radical (unpaired) electrons. The van der Waals surface area contributed by atoms with E-state index in [-0.39, 0.29) is 18.1 Å². The van der Waals surface area contributed by atoms with Crippen molar-refractivity contribution in [1.29, 1.82) is 0 Å². The van der Waals surface area contributed by atoms with Gasteiger partial charge in [-0.25, -0.2) is 14.4 Å². The van der Waals surface area contributed by atoms with Crippen LogP contribution in [0.1, 0.15) is 16.3 Å². The molecule has 2 aromatic carbocycles. The highest BCUT2D eigenvalue weighted by atomic mass is 32.1. The van der Waals surface area contributed by atoms with Gasteiger partial charge in [-0.05, 0) is 36.8 Å². The van der Waals surface area contributed by atoms with Gasteiger partial charge < -0.3 is 0 Å². The Bertz CT molecular complexity index is 1110. The van der Waals surface area contributed by atoms with Crippen molar-refractivity contribution in [2.45, 2.75) is 19.9 Å². The number of nitrogens with zero attached hydrogens (tertiary/aromatic N) is 3. The minimum atomic E-state index is -0.288. The van der Waals surface area contributed by atoms with Crippen LogP contribution >= 0.6 is 22.7 Å². The van der Waals surface area contributed by atoms with Crippen molar-refractivity contribution in [2.24, 2.45) is 0 Å². The molecular weight excluding hydrogens is 405 g/mol. The maximum absolute atomic E-state index is 13.2. The van der Waals surface area contributed by atoms with E-state index >= 15 is 0 Å². The van der Waals surface area contributed by atoms with E-state index in [0.29, 0.717) is 11.7 Å². The van der Waals surface area contributed by atoms with Gasteiger partial charge in [0, 0.05) is 16.3 Å². The molecule has 4 aromatic rings. The van der Waals surface area contributed by atoms with E-state index in [9.17, 15) is 9.18 Å². The molecule has 0 fully saturated rings. The van der Waals surface area contributed by atoms with E-state index in [0.717, 1.165) is 27.5 Å². The van der Waals surface area contributed by atoms with E-state index < -0.39 is 0 Å². The highest BCUT2D eigenvalue weighted by Crippen LogP contribution is 2.29. The minimum Gasteiger partial charge on any atom is -0.283 e. The third kappa shape index (κ3) is 4.75. The van der Waals surface area contributed by atoms with Crippen molar-refractivity contribution in [1.82, 2.24) is 9.97 Å². The minimum absolute atomic E-state index is 0.0563. The molecule has 0 aliphatic rings. The average Bonchev–Trinajstić information content (AvgIpc) is 3.37. The van der Waals surface area contributed by atoms with Crippen molar-refractivity contribution >= 4 is 33.7 Å². The normalized spacial score (nSPS) is 10.8. The Kier molecular flexibility index (Phi) is 5.78. The summed E-state index contributed by atoms with van der Waals surface area (Å²) in [6, 6.07) is 16.0. The Morgan fingerprint density at radius 2 is 1.76 bits per heavy atom. The lowest BCUT2D eigenvalue weighted by Crippen LogP contribution is -2.31. The summed E-state index contributed by atoms with van der Waals surface area (Å²) in [7, 11) is 0. The van der Waals surface area contributed by atoms with Crippen LogP contribution in [-0.2, 0) is 17.8 Å². The number of anilines is 1. The lowest BCUT2D eigenvalue weighted by molar-refractivity contribution is -0.118. The Morgan fingerprint density at radius 1 is 1.00 bits per heavy atom. The predicted octanol–water partition coefficient (Wildman–Crippen LogP) is 5.49. The van der Waals surface area contributed by atoms with Crippen molar-refractivity contribution in [3.05, 3.63) is 87.4 Å². The number of carbonyl (C=O) groups is 1. The molecule has 0 bridgehead atoms. The molecule has 1 amide bonds. The molecule has 2 aromatic heterocycles. The van der Waals surface area contributed by atoms with Crippen LogP contribution in [0.4, 0.5) is 9.52 Å². The molecule has 0 N–H and O–H groups in total. The lowest BCUT2D eigenvalue weighted by Gasteiger charge is -2.19. The third-order valence-electron chi connectivity index (χ3n) is 4.35. The number of aryl methyl sites for hydroxylation is 1. The largest absolute Gasteiger partial charge is 0.283 e. The van der Waals surface area contributed by atoms with Gasteiger partial charge >= 0.3 is 0 Å². The van der Waals surface area contributed by atoms with Crippen LogP contribution in [0.3, 0.4) is 0 Å². The number of hydrogen-bond acceptors (Lipinski definition) is 5. The van der Waals surface area contributed by atoms with Gasteiger partial charge in [0.2, 0.25) is 5.91 Å². The summed E-state index contributed by atoms with van der Waals surface area (Å²) in [5.74, 6) is -0.345. The number of rotatable bonds is 6. The molecule has 0 atom stereocenters. The molecule has 0 saturated carbocycles. The molecule has 0 unspecified atom stereocenters. The average molecular weight is 424 g/mol. The van der Waals surface area contributed by atoms with Crippen LogP contribution in [-0.4, -0.2) is 15.9 Å². The number of halogens is 1. The maximum atomic E-state index is 13.2. The fourth-order valence-corrected chi connectivity index (χ4v) is 4.37. The smallest absolute Gasteiger partial charge is 0.235 e. The summed E-state index contributed by atoms with van der Waals surface area (Å²) in [4.78, 5) is 23.9. The SMILES string of the molecule is Cc1nc(CC(=O)N(Cc2ccccc2)c2nc(-c3ccc(F)cc3)cs2)cs1. The van der Waals surface area contributed by atoms with Crippen LogP contribution in [0.5, 0.6) is 0 Å². The fourth-order valence-electron chi connectivity index (χ4n) is 2.91. The van der Waals surface area contributed by atoms with Gasteiger partial charge in [-0.2, -0.15) is 0 Å². The number of hydrogen-bond donors (Lipinski definition) is 0. The summed E-state index contributed by atoms with van der Waals surface area (Å²) in [6.07, 6.45) is 0.225. The van der Waals surface area contributed by atoms with E-state index in [1.54, 1.807) is 17.0 Å². The number of benzene rings is 2. The highest BCUT2D eigenvalue weighted by molar-refractivity contribution is 7.14. The van der Waals surface area contributed by atoms with Gasteiger partial charge in [-0.1, -0.05) is 30.3 Å². The van der Waals surface area contributed by atoms with Crippen molar-refractivity contribution in [3.63, 3.8) is 0 Å². The number of aromatic nitrogens is 2. The zero-order valence-electron chi connectivity index (χ0n) is 15.7. The fraction of sp³-hybridized carbons (Fsp3) is 0.136. The van der Waals surface area contributed by atoms with E-state index in [1.807, 2.05) is 48.0 Å². The summed E-state index contributed by atoms with van der Waals surface area (Å²) in [5.41, 5.74) is 3.33. The van der Waals surface area contributed by atoms with Crippen LogP contribution in [0.25, 0.3) is 11.3 Å². The first-order valence-corrected chi connectivity index (χ1v) is 10.8. The van der Waals surface area contributed by atoms with E-state index in [4.69, 9.17) is 0 Å². The van der Waals surface area contributed by atoms with Gasteiger partial charge in [-0.15, -0.1) is 22.7 Å². The van der Waals surface area contributed by atoms with Gasteiger partial charge in [0.1, 0.15) is 5.82 Å². The summed E-state index contributed by atoms with van der Waals surface area (Å²) in [6.45, 7) is 2.36. The second-order valence-electron chi connectivity index (χ2n) is 6.52. The van der Waals surface area contributed by atoms with Gasteiger partial charge in [-0.3, -0.25) is 9.69 Å². The first-order valence-electron chi connectivity index (χ1n) is 9.05. The molecule has 0 saturated heterocycles. The zero-order valence-corrected chi connectivity index (χ0v) is 17.3. The predicted molar refractivity (Wildman–Crippen MR) is 116 cm³/mol. The number of carbonyl (C=O) groups excluding carboxylic acids is 1. The summed E-state index contributed by atoms with van der Waals surface area (Å²) < 4.78 is 13.2. The van der Waals surface area contributed by atoms with Gasteiger partial charge in [0.15, 0.2) is 5.13 Å². The molecule has 4 rings (SSSR count). The van der Waals surface area contributed by atoms with Gasteiger partial charge in [0.05, 0.1) is 29.4 Å². The zero-order chi connectivity index (χ0) is 20.2. The van der Waals surface area contributed by atoms with Crippen molar-refractivity contribution in [2.75, 3.05) is 4.90 Å². The Morgan fingerprint density at radius 3 is 2.45 bits per heavy atom. The Balaban J connectivity index is 1.62. The molecule has 7 heteroatoms. The second kappa shape index (κ2) is 8.63. The first kappa shape index (κ1) is 19.4. The standard InChI is InChI=1S/C22H18FN3OS2/c1-15-24-19(13-28-15)11-21(27)26(12-16-5-3-2-4-6-16)22-25-20(14-29-22)17-7-9-18(23)10-8-17/h2-10,13-14H,11-12H2,1H3. The van der Waals surface area contributed by atoms with Crippen molar-refractivity contribution < 1.29 is 9.18 Å². The molecule has 0 aliphatic heterocycles. The topological polar surface area (TPSA) is 46.1 Å². The molecule has 29 heavy (non-hydrogen) atoms. The number of amides is 1. The molecule has 0 aliphatic carbocycles. The van der Waals surface area contributed by atoms with E-state index in [1.165, 1.54) is 34.8 Å². The van der Waals surface area contributed by atoms with Gasteiger partial charge in [0.25, 0.3) is 0 Å². The Hall–Kier alpha value is -2.90. The lowest BCUT2D eigenvalue weighted by atomic mass is 10.2. The second-order valence-corrected chi connectivity index (χ2v) is 8.42. The van der Waals surface area contributed by atoms with Crippen LogP contribution < -0.4 is 4.90 Å².